The molecule has 1 aliphatic heterocycles. The number of aromatic nitrogens is 1. The van der Waals surface area contributed by atoms with Gasteiger partial charge in [-0.1, -0.05) is 30.3 Å². The van der Waals surface area contributed by atoms with Crippen molar-refractivity contribution in [2.24, 2.45) is 11.5 Å². The predicted octanol–water partition coefficient (Wildman–Crippen LogP) is 1.16. The van der Waals surface area contributed by atoms with E-state index >= 15 is 0 Å². The zero-order chi connectivity index (χ0) is 30.9. The molecule has 9 N–H and O–H groups in total. The second-order valence-electron chi connectivity index (χ2n) is 11.0. The van der Waals surface area contributed by atoms with Crippen LogP contribution < -0.4 is 22.1 Å². The average Bonchev–Trinajstić information content (AvgIpc) is 3.65. The molecular formula is C31H40N6O6. The van der Waals surface area contributed by atoms with Crippen molar-refractivity contribution in [1.29, 1.82) is 0 Å². The maximum absolute atomic E-state index is 13.8. The number of hydrogen-bond acceptors (Lipinski definition) is 7. The number of nitrogens with zero attached hydrogens (tertiary/aromatic N) is 1. The van der Waals surface area contributed by atoms with Crippen LogP contribution >= 0.6 is 0 Å². The number of para-hydroxylation sites is 1. The van der Waals surface area contributed by atoms with E-state index in [1.54, 1.807) is 12.1 Å². The van der Waals surface area contributed by atoms with Gasteiger partial charge in [-0.3, -0.25) is 14.4 Å². The zero-order valence-electron chi connectivity index (χ0n) is 24.0. The third kappa shape index (κ3) is 8.11. The van der Waals surface area contributed by atoms with Crippen molar-refractivity contribution in [3.63, 3.8) is 0 Å². The highest BCUT2D eigenvalue weighted by molar-refractivity contribution is 5.95. The average molecular weight is 593 g/mol. The monoisotopic (exact) mass is 592 g/mol. The van der Waals surface area contributed by atoms with E-state index < -0.39 is 47.9 Å². The number of benzene rings is 2. The van der Waals surface area contributed by atoms with E-state index in [0.717, 1.165) is 16.5 Å². The van der Waals surface area contributed by atoms with E-state index in [0.29, 0.717) is 50.8 Å². The maximum atomic E-state index is 13.8. The molecule has 1 aromatic heterocycles. The number of carbonyl (C=O) groups excluding carboxylic acids is 3. The van der Waals surface area contributed by atoms with Crippen molar-refractivity contribution >= 4 is 34.6 Å². The molecular weight excluding hydrogens is 552 g/mol. The third-order valence-corrected chi connectivity index (χ3v) is 7.84. The second-order valence-corrected chi connectivity index (χ2v) is 11.0. The van der Waals surface area contributed by atoms with Gasteiger partial charge in [0, 0.05) is 30.1 Å². The number of aromatic amines is 1. The Morgan fingerprint density at radius 3 is 2.47 bits per heavy atom. The molecule has 12 heteroatoms. The summed E-state index contributed by atoms with van der Waals surface area (Å²) in [5.41, 5.74) is 14.4. The second kappa shape index (κ2) is 14.7. The number of hydrogen-bond donors (Lipinski definition) is 7. The lowest BCUT2D eigenvalue weighted by atomic mass is 10.0. The predicted molar refractivity (Wildman–Crippen MR) is 161 cm³/mol. The van der Waals surface area contributed by atoms with Crippen LogP contribution in [0.25, 0.3) is 10.9 Å². The molecule has 0 bridgehead atoms. The normalized spacial score (nSPS) is 16.9. The lowest BCUT2D eigenvalue weighted by Crippen LogP contribution is -2.57. The Hall–Kier alpha value is -4.42. The number of amides is 3. The summed E-state index contributed by atoms with van der Waals surface area (Å²) in [6.45, 7) is 0.735. The molecule has 1 aliphatic rings. The van der Waals surface area contributed by atoms with E-state index in [4.69, 9.17) is 11.5 Å². The number of rotatable bonds is 14. The van der Waals surface area contributed by atoms with Gasteiger partial charge in [0.2, 0.25) is 17.7 Å². The molecule has 3 aromatic rings. The van der Waals surface area contributed by atoms with Crippen LogP contribution in [0.3, 0.4) is 0 Å². The largest absolute Gasteiger partial charge is 0.508 e. The Morgan fingerprint density at radius 2 is 1.74 bits per heavy atom. The van der Waals surface area contributed by atoms with Gasteiger partial charge in [-0.2, -0.15) is 0 Å². The number of carboxylic acid groups (broad SMARTS) is 1. The number of nitrogens with one attached hydrogen (secondary N) is 3. The molecule has 0 aliphatic carbocycles. The van der Waals surface area contributed by atoms with Crippen LogP contribution in [-0.2, 0) is 32.0 Å². The third-order valence-electron chi connectivity index (χ3n) is 7.84. The Kier molecular flexibility index (Phi) is 10.7. The minimum absolute atomic E-state index is 0.00804. The number of likely N-dealkylation sites (tertiary alicyclic amines) is 1. The number of aromatic hydroxyl groups is 1. The first-order chi connectivity index (χ1) is 20.7. The fraction of sp³-hybridized carbons (Fsp3) is 0.419. The van der Waals surface area contributed by atoms with Crippen LogP contribution in [0.1, 0.15) is 43.2 Å². The van der Waals surface area contributed by atoms with Gasteiger partial charge in [0.15, 0.2) is 0 Å². The number of H-pyrrole nitrogens is 1. The van der Waals surface area contributed by atoms with Gasteiger partial charge in [-0.25, -0.2) is 4.79 Å². The fourth-order valence-corrected chi connectivity index (χ4v) is 5.50. The van der Waals surface area contributed by atoms with Crippen LogP contribution in [0.5, 0.6) is 5.75 Å². The first kappa shape index (κ1) is 31.5. The van der Waals surface area contributed by atoms with Crippen molar-refractivity contribution in [1.82, 2.24) is 20.5 Å². The van der Waals surface area contributed by atoms with Crippen LogP contribution in [-0.4, -0.2) is 81.0 Å². The molecule has 1 fully saturated rings. The van der Waals surface area contributed by atoms with Gasteiger partial charge in [-0.15, -0.1) is 0 Å². The Balaban J connectivity index is 1.42. The van der Waals surface area contributed by atoms with Crippen LogP contribution in [0.4, 0.5) is 0 Å². The topological polar surface area (TPSA) is 204 Å². The smallest absolute Gasteiger partial charge is 0.326 e. The molecule has 43 heavy (non-hydrogen) atoms. The first-order valence-corrected chi connectivity index (χ1v) is 14.6. The molecule has 2 aromatic carbocycles. The minimum Gasteiger partial charge on any atom is -0.508 e. The SMILES string of the molecule is NCCCCC(NC(=O)C(N)Cc1c[nH]c2ccccc12)C(=O)N1CCCC1C(=O)NC(Cc1ccc(O)cc1)C(=O)O. The lowest BCUT2D eigenvalue weighted by Gasteiger charge is -2.30. The van der Waals surface area contributed by atoms with Gasteiger partial charge in [0.25, 0.3) is 0 Å². The maximum Gasteiger partial charge on any atom is 0.326 e. The zero-order valence-corrected chi connectivity index (χ0v) is 24.0. The molecule has 12 nitrogen and oxygen atoms in total. The standard InChI is InChI=1S/C31H40N6O6/c32-14-4-3-8-25(35-28(39)23(33)17-20-18-34-24-7-2-1-6-22(20)24)30(41)37-15-5-9-27(37)29(40)36-26(31(42)43)16-19-10-12-21(38)13-11-19/h1-2,6-7,10-13,18,23,25-27,34,38H,3-5,8-9,14-17,32-33H2,(H,35,39)(H,36,40)(H,42,43). The molecule has 0 radical (unpaired) electrons. The van der Waals surface area contributed by atoms with E-state index in [1.165, 1.54) is 17.0 Å². The fourth-order valence-electron chi connectivity index (χ4n) is 5.50. The molecule has 4 unspecified atom stereocenters. The number of unbranched alkanes of at least 4 members (excludes halogenated alkanes) is 1. The van der Waals surface area contributed by atoms with Gasteiger partial charge >= 0.3 is 5.97 Å². The highest BCUT2D eigenvalue weighted by Crippen LogP contribution is 2.22. The van der Waals surface area contributed by atoms with Crippen LogP contribution in [0.15, 0.2) is 54.7 Å². The summed E-state index contributed by atoms with van der Waals surface area (Å²) in [6, 6.07) is 9.85. The molecule has 0 spiro atoms. The number of carboxylic acids is 1. The van der Waals surface area contributed by atoms with E-state index in [-0.39, 0.29) is 18.6 Å². The Labute approximate surface area is 249 Å². The quantitative estimate of drug-likeness (QED) is 0.135. The number of phenolic OH excluding ortho intramolecular Hbond substituents is 1. The summed E-state index contributed by atoms with van der Waals surface area (Å²) in [7, 11) is 0. The summed E-state index contributed by atoms with van der Waals surface area (Å²) in [5.74, 6) is -2.62. The number of nitrogens with two attached hydrogens (primary N) is 2. The molecule has 4 rings (SSSR count). The first-order valence-electron chi connectivity index (χ1n) is 14.6. The van der Waals surface area contributed by atoms with Crippen LogP contribution in [0, 0.1) is 0 Å². The van der Waals surface area contributed by atoms with Gasteiger partial charge < -0.3 is 42.2 Å². The van der Waals surface area contributed by atoms with Crippen molar-refractivity contribution in [3.8, 4) is 5.75 Å². The van der Waals surface area contributed by atoms with Crippen molar-refractivity contribution < 1.29 is 29.4 Å². The van der Waals surface area contributed by atoms with Crippen molar-refractivity contribution in [3.05, 3.63) is 65.9 Å². The Morgan fingerprint density at radius 1 is 1.00 bits per heavy atom. The van der Waals surface area contributed by atoms with Gasteiger partial charge in [0.05, 0.1) is 6.04 Å². The number of aliphatic carboxylic acids is 1. The molecule has 2 heterocycles. The lowest BCUT2D eigenvalue weighted by molar-refractivity contribution is -0.145. The molecule has 230 valence electrons. The Bertz CT molecular complexity index is 1420. The van der Waals surface area contributed by atoms with Crippen LogP contribution in [0.2, 0.25) is 0 Å². The highest BCUT2D eigenvalue weighted by Gasteiger charge is 2.39. The van der Waals surface area contributed by atoms with E-state index in [1.807, 2.05) is 30.5 Å². The summed E-state index contributed by atoms with van der Waals surface area (Å²) in [4.78, 5) is 56.8. The number of phenols is 1. The molecule has 0 saturated carbocycles. The van der Waals surface area contributed by atoms with Gasteiger partial charge in [-0.05, 0) is 74.4 Å². The molecule has 4 atom stereocenters. The highest BCUT2D eigenvalue weighted by atomic mass is 16.4. The minimum atomic E-state index is -1.22. The van der Waals surface area contributed by atoms with Crippen molar-refractivity contribution in [2.45, 2.75) is 69.1 Å². The van der Waals surface area contributed by atoms with Gasteiger partial charge in [0.1, 0.15) is 23.9 Å². The number of fused-ring (bicyclic) bond motifs is 1. The summed E-state index contributed by atoms with van der Waals surface area (Å²) < 4.78 is 0. The number of carbonyl (C=O) groups is 4. The van der Waals surface area contributed by atoms with E-state index in [9.17, 15) is 29.4 Å². The molecule has 1 saturated heterocycles. The summed E-state index contributed by atoms with van der Waals surface area (Å²) in [5, 5.41) is 25.6. The van der Waals surface area contributed by atoms with Crippen molar-refractivity contribution in [2.75, 3.05) is 13.1 Å². The van der Waals surface area contributed by atoms with E-state index in [2.05, 4.69) is 15.6 Å². The summed E-state index contributed by atoms with van der Waals surface area (Å²) in [6.07, 6.45) is 4.59. The molecule has 3 amide bonds. The summed E-state index contributed by atoms with van der Waals surface area (Å²) >= 11 is 0.